The van der Waals surface area contributed by atoms with Gasteiger partial charge in [0.15, 0.2) is 0 Å². The van der Waals surface area contributed by atoms with Crippen molar-refractivity contribution in [3.8, 4) is 0 Å². The van der Waals surface area contributed by atoms with Crippen molar-refractivity contribution in [3.63, 3.8) is 0 Å². The second kappa shape index (κ2) is 2.39. The molecule has 5 heavy (non-hydrogen) atoms. The molecular formula is C3H6BrN. The van der Waals surface area contributed by atoms with Crippen LogP contribution >= 0.6 is 16.1 Å². The Morgan fingerprint density at radius 3 is 1.80 bits per heavy atom. The van der Waals surface area contributed by atoms with Gasteiger partial charge in [0.25, 0.3) is 0 Å². The molecule has 0 unspecified atom stereocenters. The zero-order chi connectivity index (χ0) is 4.28. The second-order valence-corrected chi connectivity index (χ2v) is 1.39. The Bertz CT molecular complexity index is 44.9. The third-order valence-corrected chi connectivity index (χ3v) is 0.878. The van der Waals surface area contributed by atoms with Crippen LogP contribution < -0.4 is 0 Å². The molecule has 0 aromatic carbocycles. The van der Waals surface area contributed by atoms with Crippen molar-refractivity contribution in [1.29, 1.82) is 0 Å². The molecule has 0 aromatic heterocycles. The third kappa shape index (κ3) is 4.15. The van der Waals surface area contributed by atoms with Gasteiger partial charge < -0.3 is 0 Å². The highest BCUT2D eigenvalue weighted by atomic mass is 79.9. The van der Waals surface area contributed by atoms with Gasteiger partial charge in [0, 0.05) is 5.71 Å². The monoisotopic (exact) mass is 135 g/mol. The number of nitrogens with zero attached hydrogens (tertiary/aromatic N) is 1. The van der Waals surface area contributed by atoms with E-state index < -0.39 is 0 Å². The zero-order valence-electron chi connectivity index (χ0n) is 3.33. The summed E-state index contributed by atoms with van der Waals surface area (Å²) in [6.07, 6.45) is 0. The van der Waals surface area contributed by atoms with Crippen LogP contribution in [0.15, 0.2) is 4.02 Å². The van der Waals surface area contributed by atoms with E-state index in [0.717, 1.165) is 5.71 Å². The van der Waals surface area contributed by atoms with E-state index in [1.807, 2.05) is 13.8 Å². The van der Waals surface area contributed by atoms with E-state index in [-0.39, 0.29) is 0 Å². The lowest BCUT2D eigenvalue weighted by atomic mass is 10.5. The van der Waals surface area contributed by atoms with E-state index in [2.05, 4.69) is 20.2 Å². The summed E-state index contributed by atoms with van der Waals surface area (Å²) in [4.78, 5) is 0. The maximum absolute atomic E-state index is 3.62. The van der Waals surface area contributed by atoms with E-state index in [9.17, 15) is 0 Å². The highest BCUT2D eigenvalue weighted by molar-refractivity contribution is 9.08. The lowest BCUT2D eigenvalue weighted by molar-refractivity contribution is 1.70. The van der Waals surface area contributed by atoms with Crippen molar-refractivity contribution in [2.45, 2.75) is 13.8 Å². The first kappa shape index (κ1) is 5.15. The second-order valence-electron chi connectivity index (χ2n) is 1.03. The highest BCUT2D eigenvalue weighted by Crippen LogP contribution is 1.80. The molecule has 2 heteroatoms. The molecule has 0 N–H and O–H groups in total. The largest absolute Gasteiger partial charge is 0.217 e. The molecule has 0 aliphatic rings. The van der Waals surface area contributed by atoms with Crippen molar-refractivity contribution >= 4 is 21.9 Å². The van der Waals surface area contributed by atoms with Gasteiger partial charge in [0.05, 0.1) is 16.1 Å². The molecule has 0 radical (unpaired) electrons. The summed E-state index contributed by atoms with van der Waals surface area (Å²) in [5.74, 6) is 0. The molecule has 1 nitrogen and oxygen atoms in total. The summed E-state index contributed by atoms with van der Waals surface area (Å²) in [7, 11) is 0. The van der Waals surface area contributed by atoms with Crippen molar-refractivity contribution in [2.24, 2.45) is 4.02 Å². The Balaban J connectivity index is 3.14. The van der Waals surface area contributed by atoms with Crippen molar-refractivity contribution in [1.82, 2.24) is 0 Å². The molecule has 0 aromatic rings. The van der Waals surface area contributed by atoms with Crippen LogP contribution in [0.5, 0.6) is 0 Å². The van der Waals surface area contributed by atoms with Gasteiger partial charge in [-0.05, 0) is 13.8 Å². The van der Waals surface area contributed by atoms with Crippen LogP contribution in [0, 0.1) is 0 Å². The van der Waals surface area contributed by atoms with Crippen LogP contribution in [-0.4, -0.2) is 5.71 Å². The van der Waals surface area contributed by atoms with Gasteiger partial charge >= 0.3 is 0 Å². The first-order valence-electron chi connectivity index (χ1n) is 1.39. The van der Waals surface area contributed by atoms with Crippen LogP contribution in [0.2, 0.25) is 0 Å². The predicted octanol–water partition coefficient (Wildman–Crippen LogP) is 1.78. The maximum atomic E-state index is 3.62. The highest BCUT2D eigenvalue weighted by Gasteiger charge is 1.64. The van der Waals surface area contributed by atoms with Crippen LogP contribution in [0.25, 0.3) is 0 Å². The van der Waals surface area contributed by atoms with Gasteiger partial charge in [-0.1, -0.05) is 0 Å². The van der Waals surface area contributed by atoms with Crippen LogP contribution in [-0.2, 0) is 0 Å². The molecule has 0 fully saturated rings. The Labute approximate surface area is 40.4 Å². The van der Waals surface area contributed by atoms with E-state index in [4.69, 9.17) is 0 Å². The molecule has 0 spiro atoms. The van der Waals surface area contributed by atoms with Crippen molar-refractivity contribution < 1.29 is 0 Å². The normalized spacial score (nSPS) is 7.00. The third-order valence-electron chi connectivity index (χ3n) is 0.169. The standard InChI is InChI=1S/C3H6BrN/c1-3(2)5-4/h1-2H3. The van der Waals surface area contributed by atoms with E-state index in [0.29, 0.717) is 0 Å². The summed E-state index contributed by atoms with van der Waals surface area (Å²) < 4.78 is 3.62. The molecule has 0 aliphatic carbocycles. The maximum Gasteiger partial charge on any atom is 0.0732 e. The molecule has 0 bridgehead atoms. The molecule has 0 amide bonds. The number of halogens is 1. The van der Waals surface area contributed by atoms with Crippen LogP contribution in [0.4, 0.5) is 0 Å². The molecule has 30 valence electrons. The van der Waals surface area contributed by atoms with E-state index in [1.54, 1.807) is 0 Å². The lowest BCUT2D eigenvalue weighted by Gasteiger charge is -1.71. The molecular weight excluding hydrogens is 130 g/mol. The minimum absolute atomic E-state index is 1.05. The first-order chi connectivity index (χ1) is 2.27. The quantitative estimate of drug-likeness (QED) is 0.450. The number of hydrogen-bond acceptors (Lipinski definition) is 1. The van der Waals surface area contributed by atoms with Gasteiger partial charge in [0.1, 0.15) is 0 Å². The Hall–Kier alpha value is 0.150. The van der Waals surface area contributed by atoms with Gasteiger partial charge in [-0.3, -0.25) is 0 Å². The van der Waals surface area contributed by atoms with E-state index >= 15 is 0 Å². The molecule has 0 atom stereocenters. The topological polar surface area (TPSA) is 12.4 Å². The SMILES string of the molecule is CC(C)=NBr. The summed E-state index contributed by atoms with van der Waals surface area (Å²) >= 11 is 2.90. The summed E-state index contributed by atoms with van der Waals surface area (Å²) in [5, 5.41) is 0. The minimum atomic E-state index is 1.05. The Morgan fingerprint density at radius 2 is 1.80 bits per heavy atom. The fourth-order valence-electron chi connectivity index (χ4n) is 0. The first-order valence-corrected chi connectivity index (χ1v) is 2.10. The summed E-state index contributed by atoms with van der Waals surface area (Å²) in [6, 6.07) is 0. The predicted molar refractivity (Wildman–Crippen MR) is 27.7 cm³/mol. The number of hydrogen-bond donors (Lipinski definition) is 0. The Kier molecular flexibility index (Phi) is 2.46. The van der Waals surface area contributed by atoms with Crippen molar-refractivity contribution in [2.75, 3.05) is 0 Å². The van der Waals surface area contributed by atoms with Gasteiger partial charge in [0.2, 0.25) is 0 Å². The Morgan fingerprint density at radius 1 is 1.60 bits per heavy atom. The average molecular weight is 136 g/mol. The van der Waals surface area contributed by atoms with Crippen LogP contribution in [0.1, 0.15) is 13.8 Å². The molecule has 0 saturated heterocycles. The summed E-state index contributed by atoms with van der Waals surface area (Å²) in [5.41, 5.74) is 1.05. The van der Waals surface area contributed by atoms with Crippen molar-refractivity contribution in [3.05, 3.63) is 0 Å². The molecule has 0 saturated carbocycles. The average Bonchev–Trinajstić information content (AvgIpc) is 1.38. The zero-order valence-corrected chi connectivity index (χ0v) is 4.91. The van der Waals surface area contributed by atoms with Gasteiger partial charge in [-0.15, -0.1) is 0 Å². The van der Waals surface area contributed by atoms with E-state index in [1.165, 1.54) is 0 Å². The van der Waals surface area contributed by atoms with Gasteiger partial charge in [-0.25, -0.2) is 4.02 Å². The molecule has 0 aliphatic heterocycles. The van der Waals surface area contributed by atoms with Gasteiger partial charge in [-0.2, -0.15) is 0 Å². The molecule has 0 heterocycles. The molecule has 0 rings (SSSR count). The fourth-order valence-corrected chi connectivity index (χ4v) is 0. The lowest BCUT2D eigenvalue weighted by Crippen LogP contribution is -1.70. The number of rotatable bonds is 0. The summed E-state index contributed by atoms with van der Waals surface area (Å²) in [6.45, 7) is 3.85. The van der Waals surface area contributed by atoms with Crippen LogP contribution in [0.3, 0.4) is 0 Å². The fraction of sp³-hybridized carbons (Fsp3) is 0.667. The smallest absolute Gasteiger partial charge is 0.0732 e. The minimum Gasteiger partial charge on any atom is -0.217 e.